The first-order chi connectivity index (χ1) is 27.0. The van der Waals surface area contributed by atoms with E-state index in [1.54, 1.807) is 11.1 Å². The summed E-state index contributed by atoms with van der Waals surface area (Å²) in [6.07, 6.45) is 39.6. The Hall–Kier alpha value is -5.40. The molecule has 0 fully saturated rings. The van der Waals surface area contributed by atoms with Crippen LogP contribution >= 0.6 is 0 Å². The Morgan fingerprint density at radius 1 is 0.691 bits per heavy atom. The second-order valence-electron chi connectivity index (χ2n) is 17.2. The van der Waals surface area contributed by atoms with Gasteiger partial charge in [-0.3, -0.25) is 0 Å². The van der Waals surface area contributed by atoms with E-state index in [1.165, 1.54) is 126 Å². The van der Waals surface area contributed by atoms with Gasteiger partial charge in [0.05, 0.1) is 5.69 Å². The van der Waals surface area contributed by atoms with Gasteiger partial charge in [0, 0.05) is 27.9 Å². The van der Waals surface area contributed by atoms with Crippen molar-refractivity contribution in [3.63, 3.8) is 0 Å². The van der Waals surface area contributed by atoms with Crippen molar-refractivity contribution in [1.82, 2.24) is 4.57 Å². The maximum atomic E-state index is 2.60. The monoisotopic (exact) mass is 711 g/mol. The molecule has 1 nitrogen and oxygen atoms in total. The van der Waals surface area contributed by atoms with Crippen LogP contribution < -0.4 is 0 Å². The van der Waals surface area contributed by atoms with Crippen LogP contribution in [0.5, 0.6) is 0 Å². The molecule has 0 saturated carbocycles. The van der Waals surface area contributed by atoms with Crippen molar-refractivity contribution in [3.05, 3.63) is 175 Å². The predicted molar refractivity (Wildman–Crippen MR) is 235 cm³/mol. The fourth-order valence-corrected chi connectivity index (χ4v) is 11.1. The van der Waals surface area contributed by atoms with Gasteiger partial charge >= 0.3 is 0 Å². The van der Waals surface area contributed by atoms with Crippen LogP contribution in [0.25, 0.3) is 57.8 Å². The average molecular weight is 712 g/mol. The fourth-order valence-electron chi connectivity index (χ4n) is 11.1. The fraction of sp³-hybridized carbons (Fsp3) is 0.259. The molecule has 0 unspecified atom stereocenters. The van der Waals surface area contributed by atoms with Crippen molar-refractivity contribution in [2.24, 2.45) is 0 Å². The van der Waals surface area contributed by atoms with Crippen LogP contribution in [0.15, 0.2) is 108 Å². The second-order valence-corrected chi connectivity index (χ2v) is 17.2. The van der Waals surface area contributed by atoms with Crippen LogP contribution in [0, 0.1) is 0 Å². The summed E-state index contributed by atoms with van der Waals surface area (Å²) < 4.78 is 2.60. The van der Waals surface area contributed by atoms with E-state index < -0.39 is 0 Å². The Morgan fingerprint density at radius 3 is 2.31 bits per heavy atom. The molecule has 4 aromatic rings. The van der Waals surface area contributed by atoms with Gasteiger partial charge in [-0.25, -0.2) is 0 Å². The van der Waals surface area contributed by atoms with Crippen LogP contribution in [0.2, 0.25) is 0 Å². The van der Waals surface area contributed by atoms with Crippen molar-refractivity contribution in [2.45, 2.75) is 90.4 Å². The Bertz CT molecular complexity index is 2660. The molecular formula is C54H49N. The third-order valence-electron chi connectivity index (χ3n) is 13.7. The molecule has 3 aromatic carbocycles. The van der Waals surface area contributed by atoms with E-state index >= 15 is 0 Å². The smallest absolute Gasteiger partial charge is 0.0531 e. The van der Waals surface area contributed by atoms with Crippen LogP contribution in [0.4, 0.5) is 0 Å². The highest BCUT2D eigenvalue weighted by Gasteiger charge is 2.40. The topological polar surface area (TPSA) is 4.93 Å². The summed E-state index contributed by atoms with van der Waals surface area (Å²) in [5.41, 5.74) is 29.0. The Kier molecular flexibility index (Phi) is 7.54. The zero-order valence-electron chi connectivity index (χ0n) is 32.6. The van der Waals surface area contributed by atoms with Gasteiger partial charge in [-0.1, -0.05) is 122 Å². The molecule has 0 amide bonds. The van der Waals surface area contributed by atoms with E-state index in [0.29, 0.717) is 0 Å². The number of aromatic nitrogens is 1. The number of allylic oxidation sites excluding steroid dienone is 14. The van der Waals surface area contributed by atoms with Crippen LogP contribution in [0.1, 0.15) is 133 Å². The summed E-state index contributed by atoms with van der Waals surface area (Å²) in [5, 5.41) is 0. The molecule has 1 heterocycles. The summed E-state index contributed by atoms with van der Waals surface area (Å²) in [5.74, 6) is 0. The molecule has 0 N–H and O–H groups in total. The summed E-state index contributed by atoms with van der Waals surface area (Å²) in [4.78, 5) is 0. The van der Waals surface area contributed by atoms with E-state index in [0.717, 1.165) is 38.5 Å². The minimum Gasteiger partial charge on any atom is -0.317 e. The van der Waals surface area contributed by atoms with Gasteiger partial charge in [0.25, 0.3) is 0 Å². The van der Waals surface area contributed by atoms with Crippen molar-refractivity contribution < 1.29 is 0 Å². The third kappa shape index (κ3) is 5.05. The van der Waals surface area contributed by atoms with Crippen LogP contribution in [0.3, 0.4) is 0 Å². The van der Waals surface area contributed by atoms with Crippen LogP contribution in [-0.4, -0.2) is 4.57 Å². The molecule has 7 aliphatic rings. The summed E-state index contributed by atoms with van der Waals surface area (Å²) in [6, 6.07) is 19.4. The van der Waals surface area contributed by atoms with Gasteiger partial charge < -0.3 is 4.57 Å². The van der Waals surface area contributed by atoms with Gasteiger partial charge in [0.15, 0.2) is 0 Å². The zero-order valence-corrected chi connectivity index (χ0v) is 32.6. The number of nitrogens with zero attached hydrogens (tertiary/aromatic N) is 1. The highest BCUT2D eigenvalue weighted by atomic mass is 15.0. The number of hydrogen-bond acceptors (Lipinski definition) is 0. The molecule has 0 spiro atoms. The van der Waals surface area contributed by atoms with Gasteiger partial charge in [0.1, 0.15) is 0 Å². The molecule has 1 aromatic heterocycles. The molecule has 0 atom stereocenters. The van der Waals surface area contributed by atoms with Crippen molar-refractivity contribution in [3.8, 4) is 11.1 Å². The predicted octanol–water partition coefficient (Wildman–Crippen LogP) is 14.0. The first-order valence-electron chi connectivity index (χ1n) is 20.9. The van der Waals surface area contributed by atoms with E-state index in [9.17, 15) is 0 Å². The molecule has 0 saturated heterocycles. The summed E-state index contributed by atoms with van der Waals surface area (Å²) in [6.45, 7) is 7.07. The summed E-state index contributed by atoms with van der Waals surface area (Å²) >= 11 is 0. The standard InChI is InChI=1S/C54H49N/c1-4-12-50-45(26-20-34-19-25-44-46-27-23-40-31-38-14-9-11-18-43(38)52(40)53(46)54(2,3)49(44)29-34)48-33-36(24-28-51(48)55(50)41-15-6-5-7-16-41)35-21-22-39-30-37-13-8-10-17-42(37)47(39)32-35/h4-6,10-12,15,17-23,25-27,29,32-33H,7-9,13-14,16,24,28,30-31H2,1-3H3/b12-4-,26-20+. The van der Waals surface area contributed by atoms with E-state index in [-0.39, 0.29) is 5.41 Å². The molecule has 0 radical (unpaired) electrons. The molecule has 0 aliphatic heterocycles. The first kappa shape index (κ1) is 33.0. The Morgan fingerprint density at radius 2 is 1.47 bits per heavy atom. The minimum atomic E-state index is -0.0646. The molecular weight excluding hydrogens is 663 g/mol. The van der Waals surface area contributed by atoms with Gasteiger partial charge in [-0.05, 0) is 168 Å². The third-order valence-corrected chi connectivity index (χ3v) is 13.7. The number of fused-ring (bicyclic) bond motifs is 9. The second kappa shape index (κ2) is 12.6. The molecule has 7 aliphatic carbocycles. The average Bonchev–Trinajstić information content (AvgIpc) is 3.93. The lowest BCUT2D eigenvalue weighted by atomic mass is 9.78. The van der Waals surface area contributed by atoms with Crippen molar-refractivity contribution in [1.29, 1.82) is 0 Å². The van der Waals surface area contributed by atoms with Crippen molar-refractivity contribution >= 4 is 46.7 Å². The molecule has 0 bridgehead atoms. The van der Waals surface area contributed by atoms with Crippen molar-refractivity contribution in [2.75, 3.05) is 0 Å². The van der Waals surface area contributed by atoms with E-state index in [2.05, 4.69) is 147 Å². The normalized spacial score (nSPS) is 19.8. The Labute approximate surface area is 326 Å². The SMILES string of the molecule is C/C=C\c1c(/C=C/c2ccc3c(c2)C(C)(C)c2c-3ccc3c2C2=C(CCC=C2)C3)c2c(n1C1=CC=CCC1)CCC(c1ccc3c(c1)C1=C(CCC=C1)C3)=C2. The maximum absolute atomic E-state index is 2.60. The largest absolute Gasteiger partial charge is 0.317 e. The lowest BCUT2D eigenvalue weighted by Crippen LogP contribution is -2.17. The maximum Gasteiger partial charge on any atom is 0.0531 e. The first-order valence-corrected chi connectivity index (χ1v) is 20.9. The Balaban J connectivity index is 1.01. The van der Waals surface area contributed by atoms with Gasteiger partial charge in [-0.2, -0.15) is 0 Å². The lowest BCUT2D eigenvalue weighted by molar-refractivity contribution is 0.658. The lowest BCUT2D eigenvalue weighted by Gasteiger charge is -2.25. The highest BCUT2D eigenvalue weighted by Crippen LogP contribution is 2.55. The highest BCUT2D eigenvalue weighted by molar-refractivity contribution is 5.96. The quantitative estimate of drug-likeness (QED) is 0.194. The minimum absolute atomic E-state index is 0.0646. The summed E-state index contributed by atoms with van der Waals surface area (Å²) in [7, 11) is 0. The number of benzene rings is 3. The molecule has 270 valence electrons. The zero-order chi connectivity index (χ0) is 36.8. The van der Waals surface area contributed by atoms with E-state index in [4.69, 9.17) is 0 Å². The molecule has 11 rings (SSSR count). The van der Waals surface area contributed by atoms with E-state index in [1.807, 2.05) is 0 Å². The molecule has 55 heavy (non-hydrogen) atoms. The van der Waals surface area contributed by atoms with Gasteiger partial charge in [-0.15, -0.1) is 0 Å². The molecule has 1 heteroatoms. The number of hydrogen-bond donors (Lipinski definition) is 0. The van der Waals surface area contributed by atoms with Gasteiger partial charge in [0.2, 0.25) is 0 Å². The van der Waals surface area contributed by atoms with Crippen LogP contribution in [-0.2, 0) is 24.7 Å². The number of rotatable bonds is 5.